The second-order valence-corrected chi connectivity index (χ2v) is 5.21. The summed E-state index contributed by atoms with van der Waals surface area (Å²) >= 11 is 0. The molecule has 0 fully saturated rings. The molecule has 0 aliphatic rings. The molecule has 0 spiro atoms. The van der Waals surface area contributed by atoms with Crippen molar-refractivity contribution >= 4 is 5.69 Å². The van der Waals surface area contributed by atoms with Crippen LogP contribution in [-0.2, 0) is 6.54 Å². The zero-order valence-corrected chi connectivity index (χ0v) is 13.3. The van der Waals surface area contributed by atoms with Gasteiger partial charge in [-0.3, -0.25) is 10.1 Å². The van der Waals surface area contributed by atoms with Crippen LogP contribution >= 0.6 is 0 Å². The topological polar surface area (TPSA) is 67.6 Å². The Kier molecular flexibility index (Phi) is 7.11. The molecule has 1 atom stereocenters. The predicted octanol–water partition coefficient (Wildman–Crippen LogP) is 2.42. The van der Waals surface area contributed by atoms with E-state index in [2.05, 4.69) is 31.1 Å². The summed E-state index contributed by atoms with van der Waals surface area (Å²) in [6.07, 6.45) is 1.12. The molecule has 1 unspecified atom stereocenters. The number of methoxy groups -OCH3 is 1. The number of benzene rings is 1. The molecular weight excluding hydrogens is 270 g/mol. The molecule has 0 aromatic heterocycles. The zero-order valence-electron chi connectivity index (χ0n) is 13.3. The maximum Gasteiger partial charge on any atom is 0.273 e. The molecule has 0 amide bonds. The van der Waals surface area contributed by atoms with Gasteiger partial charge in [-0.2, -0.15) is 0 Å². The molecule has 1 N–H and O–H groups in total. The van der Waals surface area contributed by atoms with Crippen molar-refractivity contribution in [3.8, 4) is 5.75 Å². The molecule has 118 valence electrons. The van der Waals surface area contributed by atoms with Gasteiger partial charge in [-0.05, 0) is 32.0 Å². The Bertz CT molecular complexity index is 465. The third-order valence-corrected chi connectivity index (χ3v) is 3.71. The number of likely N-dealkylation sites (N-methyl/N-ethyl adjacent to an activating group) is 1. The fourth-order valence-corrected chi connectivity index (χ4v) is 1.99. The highest BCUT2D eigenvalue weighted by molar-refractivity contribution is 5.42. The number of nitro benzene ring substituents is 1. The second-order valence-electron chi connectivity index (χ2n) is 5.21. The largest absolute Gasteiger partial charge is 0.496 e. The number of hydrogen-bond donors (Lipinski definition) is 1. The summed E-state index contributed by atoms with van der Waals surface area (Å²) in [4.78, 5) is 12.8. The Morgan fingerprint density at radius 2 is 2.14 bits per heavy atom. The van der Waals surface area contributed by atoms with Gasteiger partial charge in [-0.25, -0.2) is 0 Å². The number of rotatable bonds is 9. The Labute approximate surface area is 126 Å². The first-order valence-electron chi connectivity index (χ1n) is 7.21. The average molecular weight is 295 g/mol. The number of nitrogens with one attached hydrogen (secondary N) is 1. The molecule has 0 saturated heterocycles. The molecule has 21 heavy (non-hydrogen) atoms. The maximum absolute atomic E-state index is 10.9. The van der Waals surface area contributed by atoms with Crippen molar-refractivity contribution in [3.63, 3.8) is 0 Å². The van der Waals surface area contributed by atoms with Gasteiger partial charge in [0, 0.05) is 31.7 Å². The first-order chi connectivity index (χ1) is 9.97. The number of ether oxygens (including phenoxy) is 1. The van der Waals surface area contributed by atoms with Crippen LogP contribution in [0.15, 0.2) is 18.2 Å². The van der Waals surface area contributed by atoms with Gasteiger partial charge in [0.25, 0.3) is 5.69 Å². The van der Waals surface area contributed by atoms with Crippen molar-refractivity contribution < 1.29 is 9.66 Å². The van der Waals surface area contributed by atoms with E-state index < -0.39 is 4.92 Å². The van der Waals surface area contributed by atoms with Gasteiger partial charge in [0.05, 0.1) is 18.1 Å². The highest BCUT2D eigenvalue weighted by atomic mass is 16.6. The molecule has 1 aromatic rings. The van der Waals surface area contributed by atoms with Gasteiger partial charge in [0.2, 0.25) is 0 Å². The van der Waals surface area contributed by atoms with Crippen LogP contribution in [0.25, 0.3) is 0 Å². The van der Waals surface area contributed by atoms with E-state index in [-0.39, 0.29) is 5.69 Å². The van der Waals surface area contributed by atoms with E-state index in [0.29, 0.717) is 18.3 Å². The summed E-state index contributed by atoms with van der Waals surface area (Å²) in [5.41, 5.74) is 0.912. The molecule has 1 rings (SSSR count). The smallest absolute Gasteiger partial charge is 0.273 e. The minimum absolute atomic E-state index is 0.0582. The molecule has 0 bridgehead atoms. The zero-order chi connectivity index (χ0) is 15.8. The predicted molar refractivity (Wildman–Crippen MR) is 83.7 cm³/mol. The Morgan fingerprint density at radius 3 is 2.71 bits per heavy atom. The van der Waals surface area contributed by atoms with Crippen molar-refractivity contribution in [1.82, 2.24) is 10.2 Å². The van der Waals surface area contributed by atoms with E-state index in [4.69, 9.17) is 4.74 Å². The lowest BCUT2D eigenvalue weighted by Gasteiger charge is -2.23. The van der Waals surface area contributed by atoms with Crippen LogP contribution in [0.2, 0.25) is 0 Å². The van der Waals surface area contributed by atoms with Crippen molar-refractivity contribution in [2.24, 2.45) is 0 Å². The van der Waals surface area contributed by atoms with E-state index in [9.17, 15) is 10.1 Å². The Hall–Kier alpha value is -1.66. The lowest BCUT2D eigenvalue weighted by molar-refractivity contribution is -0.385. The van der Waals surface area contributed by atoms with E-state index in [0.717, 1.165) is 25.1 Å². The van der Waals surface area contributed by atoms with Crippen LogP contribution in [0.5, 0.6) is 5.75 Å². The first kappa shape index (κ1) is 17.4. The second kappa shape index (κ2) is 8.59. The SMILES string of the molecule is CCC(C)N(C)CCNCc1cc(OC)cc([N+](=O)[O-])c1. The molecular formula is C15H25N3O3. The van der Waals surface area contributed by atoms with Crippen LogP contribution in [0.3, 0.4) is 0 Å². The van der Waals surface area contributed by atoms with E-state index in [1.165, 1.54) is 13.2 Å². The normalized spacial score (nSPS) is 12.4. The van der Waals surface area contributed by atoms with Crippen molar-refractivity contribution in [2.75, 3.05) is 27.2 Å². The van der Waals surface area contributed by atoms with Crippen LogP contribution < -0.4 is 10.1 Å². The number of nitrogens with zero attached hydrogens (tertiary/aromatic N) is 2. The minimum Gasteiger partial charge on any atom is -0.496 e. The molecule has 0 saturated carbocycles. The molecule has 0 aliphatic heterocycles. The van der Waals surface area contributed by atoms with Crippen LogP contribution in [0.1, 0.15) is 25.8 Å². The van der Waals surface area contributed by atoms with Crippen LogP contribution in [0.4, 0.5) is 5.69 Å². The quantitative estimate of drug-likeness (QED) is 0.430. The minimum atomic E-state index is -0.400. The maximum atomic E-state index is 10.9. The van der Waals surface area contributed by atoms with Crippen LogP contribution in [-0.4, -0.2) is 43.1 Å². The van der Waals surface area contributed by atoms with Crippen molar-refractivity contribution in [1.29, 1.82) is 0 Å². The molecule has 6 nitrogen and oxygen atoms in total. The van der Waals surface area contributed by atoms with E-state index in [1.54, 1.807) is 6.07 Å². The third kappa shape index (κ3) is 5.69. The van der Waals surface area contributed by atoms with Gasteiger partial charge < -0.3 is 15.0 Å². The van der Waals surface area contributed by atoms with Crippen molar-refractivity contribution in [3.05, 3.63) is 33.9 Å². The number of hydrogen-bond acceptors (Lipinski definition) is 5. The standard InChI is InChI=1S/C15H25N3O3/c1-5-12(2)17(3)7-6-16-11-13-8-14(18(19)20)10-15(9-13)21-4/h8-10,12,16H,5-7,11H2,1-4H3. The van der Waals surface area contributed by atoms with Crippen LogP contribution in [0, 0.1) is 10.1 Å². The summed E-state index contributed by atoms with van der Waals surface area (Å²) in [6.45, 7) is 6.74. The van der Waals surface area contributed by atoms with Gasteiger partial charge in [-0.15, -0.1) is 0 Å². The highest BCUT2D eigenvalue weighted by Gasteiger charge is 2.10. The molecule has 1 aromatic carbocycles. The highest BCUT2D eigenvalue weighted by Crippen LogP contribution is 2.22. The first-order valence-corrected chi connectivity index (χ1v) is 7.21. The summed E-state index contributed by atoms with van der Waals surface area (Å²) in [5.74, 6) is 0.512. The Balaban J connectivity index is 2.51. The lowest BCUT2D eigenvalue weighted by atomic mass is 10.2. The number of non-ortho nitro benzene ring substituents is 1. The fraction of sp³-hybridized carbons (Fsp3) is 0.600. The van der Waals surface area contributed by atoms with Gasteiger partial charge in [0.15, 0.2) is 0 Å². The van der Waals surface area contributed by atoms with Gasteiger partial charge in [-0.1, -0.05) is 6.92 Å². The van der Waals surface area contributed by atoms with Gasteiger partial charge >= 0.3 is 0 Å². The van der Waals surface area contributed by atoms with E-state index >= 15 is 0 Å². The lowest BCUT2D eigenvalue weighted by Crippen LogP contribution is -2.34. The molecule has 0 heterocycles. The molecule has 0 radical (unpaired) electrons. The Morgan fingerprint density at radius 1 is 1.43 bits per heavy atom. The third-order valence-electron chi connectivity index (χ3n) is 3.71. The van der Waals surface area contributed by atoms with Crippen molar-refractivity contribution in [2.45, 2.75) is 32.9 Å². The average Bonchev–Trinajstić information content (AvgIpc) is 2.49. The molecule has 6 heteroatoms. The summed E-state index contributed by atoms with van der Waals surface area (Å²) in [6, 6.07) is 5.39. The number of nitro groups is 1. The van der Waals surface area contributed by atoms with Gasteiger partial charge in [0.1, 0.15) is 5.75 Å². The summed E-state index contributed by atoms with van der Waals surface area (Å²) < 4.78 is 5.10. The van der Waals surface area contributed by atoms with E-state index in [1.807, 2.05) is 6.07 Å². The summed E-state index contributed by atoms with van der Waals surface area (Å²) in [7, 11) is 3.61. The monoisotopic (exact) mass is 295 g/mol. The fourth-order valence-electron chi connectivity index (χ4n) is 1.99. The molecule has 0 aliphatic carbocycles. The summed E-state index contributed by atoms with van der Waals surface area (Å²) in [5, 5.41) is 14.2.